The number of hydrogen-bond donors (Lipinski definition) is 1. The minimum absolute atomic E-state index is 0.0473. The number of pyridine rings is 1. The van der Waals surface area contributed by atoms with Gasteiger partial charge in [-0.1, -0.05) is 18.2 Å². The van der Waals surface area contributed by atoms with Gasteiger partial charge in [0.25, 0.3) is 5.91 Å². The van der Waals surface area contributed by atoms with Crippen LogP contribution in [-0.2, 0) is 0 Å². The molecule has 0 aliphatic heterocycles. The number of benzene rings is 2. The van der Waals surface area contributed by atoms with Crippen LogP contribution in [0.2, 0.25) is 0 Å². The molecule has 27 heavy (non-hydrogen) atoms. The Morgan fingerprint density at radius 2 is 1.52 bits per heavy atom. The molecule has 2 aromatic carbocycles. The van der Waals surface area contributed by atoms with Crippen LogP contribution in [0.5, 0.6) is 11.5 Å². The fourth-order valence-corrected chi connectivity index (χ4v) is 2.66. The van der Waals surface area contributed by atoms with E-state index in [1.165, 1.54) is 0 Å². The highest BCUT2D eigenvalue weighted by Gasteiger charge is 2.13. The van der Waals surface area contributed by atoms with Crippen molar-refractivity contribution in [1.29, 1.82) is 0 Å². The Kier molecular flexibility index (Phi) is 6.05. The van der Waals surface area contributed by atoms with Crippen LogP contribution >= 0.6 is 0 Å². The second kappa shape index (κ2) is 8.85. The van der Waals surface area contributed by atoms with Crippen molar-refractivity contribution >= 4 is 17.3 Å². The summed E-state index contributed by atoms with van der Waals surface area (Å²) in [6, 6.07) is 20.9. The molecule has 0 unspecified atom stereocenters. The van der Waals surface area contributed by atoms with E-state index in [2.05, 4.69) is 10.3 Å². The van der Waals surface area contributed by atoms with Gasteiger partial charge >= 0.3 is 0 Å². The Morgan fingerprint density at radius 3 is 2.11 bits per heavy atom. The molecule has 0 fully saturated rings. The van der Waals surface area contributed by atoms with E-state index in [1.807, 2.05) is 74.5 Å². The van der Waals surface area contributed by atoms with Crippen molar-refractivity contribution < 1.29 is 9.53 Å². The van der Waals surface area contributed by atoms with Crippen molar-refractivity contribution in [2.45, 2.75) is 13.8 Å². The Bertz CT molecular complexity index is 858. The zero-order chi connectivity index (χ0) is 19.1. The Balaban J connectivity index is 1.62. The lowest BCUT2D eigenvalue weighted by Gasteiger charge is -2.18. The first-order valence-corrected chi connectivity index (χ1v) is 9.05. The smallest absolute Gasteiger partial charge is 0.272 e. The van der Waals surface area contributed by atoms with Gasteiger partial charge in [-0.15, -0.1) is 0 Å². The van der Waals surface area contributed by atoms with E-state index < -0.39 is 0 Å². The molecule has 1 N–H and O–H groups in total. The second-order valence-corrected chi connectivity index (χ2v) is 5.97. The van der Waals surface area contributed by atoms with Crippen molar-refractivity contribution in [3.63, 3.8) is 0 Å². The van der Waals surface area contributed by atoms with Gasteiger partial charge in [0.05, 0.1) is 11.9 Å². The summed E-state index contributed by atoms with van der Waals surface area (Å²) < 4.78 is 5.79. The number of carbonyl (C=O) groups excluding carboxylic acids is 1. The number of amides is 1. The van der Waals surface area contributed by atoms with Gasteiger partial charge in [0.2, 0.25) is 0 Å². The summed E-state index contributed by atoms with van der Waals surface area (Å²) >= 11 is 0. The molecule has 0 spiro atoms. The van der Waals surface area contributed by atoms with Crippen LogP contribution in [0.4, 0.5) is 11.4 Å². The molecule has 0 saturated carbocycles. The third kappa shape index (κ3) is 4.85. The van der Waals surface area contributed by atoms with Crippen LogP contribution in [0.15, 0.2) is 72.9 Å². The maximum Gasteiger partial charge on any atom is 0.272 e. The van der Waals surface area contributed by atoms with Crippen LogP contribution < -0.4 is 10.1 Å². The van der Waals surface area contributed by atoms with Gasteiger partial charge in [-0.3, -0.25) is 4.79 Å². The highest BCUT2D eigenvalue weighted by Crippen LogP contribution is 2.24. The maximum atomic E-state index is 12.3. The summed E-state index contributed by atoms with van der Waals surface area (Å²) in [5.74, 6) is 1.52. The molecule has 5 nitrogen and oxygen atoms in total. The van der Waals surface area contributed by atoms with Crippen molar-refractivity contribution in [2.24, 2.45) is 0 Å². The van der Waals surface area contributed by atoms with Crippen LogP contribution in [0, 0.1) is 0 Å². The highest BCUT2D eigenvalue weighted by atomic mass is 16.5. The monoisotopic (exact) mass is 361 g/mol. The predicted octanol–water partition coefficient (Wildman–Crippen LogP) is 5.10. The SMILES string of the molecule is CCN(CC)C(=O)c1ccc(Nc2ccc(Oc3ccccc3)cc2)cn1. The van der Waals surface area contributed by atoms with E-state index in [1.54, 1.807) is 17.2 Å². The van der Waals surface area contributed by atoms with E-state index >= 15 is 0 Å². The molecule has 0 aliphatic carbocycles. The molecule has 0 saturated heterocycles. The van der Waals surface area contributed by atoms with Gasteiger partial charge < -0.3 is 15.0 Å². The Hall–Kier alpha value is -3.34. The van der Waals surface area contributed by atoms with Crippen LogP contribution in [-0.4, -0.2) is 28.9 Å². The minimum atomic E-state index is -0.0473. The van der Waals surface area contributed by atoms with E-state index in [-0.39, 0.29) is 5.91 Å². The fraction of sp³-hybridized carbons (Fsp3) is 0.182. The standard InChI is InChI=1S/C22H23N3O2/c1-3-25(4-2)22(26)21-15-12-18(16-23-21)24-17-10-13-20(14-11-17)27-19-8-6-5-7-9-19/h5-16,24H,3-4H2,1-2H3. The fourth-order valence-electron chi connectivity index (χ4n) is 2.66. The minimum Gasteiger partial charge on any atom is -0.457 e. The summed E-state index contributed by atoms with van der Waals surface area (Å²) in [7, 11) is 0. The van der Waals surface area contributed by atoms with Gasteiger partial charge in [0.15, 0.2) is 0 Å². The molecule has 1 aromatic heterocycles. The number of nitrogens with zero attached hydrogens (tertiary/aromatic N) is 2. The molecule has 1 amide bonds. The second-order valence-electron chi connectivity index (χ2n) is 5.97. The molecule has 0 atom stereocenters. The lowest BCUT2D eigenvalue weighted by molar-refractivity contribution is 0.0767. The lowest BCUT2D eigenvalue weighted by Crippen LogP contribution is -2.31. The van der Waals surface area contributed by atoms with Crippen LogP contribution in [0.3, 0.4) is 0 Å². The zero-order valence-corrected chi connectivity index (χ0v) is 15.6. The molecule has 3 aromatic rings. The molecule has 1 heterocycles. The molecule has 5 heteroatoms. The van der Waals surface area contributed by atoms with Gasteiger partial charge in [0.1, 0.15) is 17.2 Å². The van der Waals surface area contributed by atoms with E-state index in [0.29, 0.717) is 18.8 Å². The number of rotatable bonds is 7. The molecular weight excluding hydrogens is 338 g/mol. The van der Waals surface area contributed by atoms with E-state index in [9.17, 15) is 4.79 Å². The van der Waals surface area contributed by atoms with Gasteiger partial charge in [0, 0.05) is 18.8 Å². The summed E-state index contributed by atoms with van der Waals surface area (Å²) in [6.07, 6.45) is 1.67. The first kappa shape index (κ1) is 18.5. The summed E-state index contributed by atoms with van der Waals surface area (Å²) in [6.45, 7) is 5.27. The molecule has 3 rings (SSSR count). The number of para-hydroxylation sites is 1. The number of hydrogen-bond acceptors (Lipinski definition) is 4. The Morgan fingerprint density at radius 1 is 0.889 bits per heavy atom. The average Bonchev–Trinajstić information content (AvgIpc) is 2.72. The molecule has 138 valence electrons. The van der Waals surface area contributed by atoms with Crippen LogP contribution in [0.1, 0.15) is 24.3 Å². The van der Waals surface area contributed by atoms with Gasteiger partial charge in [-0.05, 0) is 62.4 Å². The Labute approximate surface area is 159 Å². The molecular formula is C22H23N3O2. The molecule has 0 bridgehead atoms. The zero-order valence-electron chi connectivity index (χ0n) is 15.6. The number of nitrogens with one attached hydrogen (secondary N) is 1. The quantitative estimate of drug-likeness (QED) is 0.636. The topological polar surface area (TPSA) is 54.5 Å². The van der Waals surface area contributed by atoms with Gasteiger partial charge in [-0.25, -0.2) is 4.98 Å². The maximum absolute atomic E-state index is 12.3. The number of carbonyl (C=O) groups is 1. The average molecular weight is 361 g/mol. The number of anilines is 2. The van der Waals surface area contributed by atoms with Crippen molar-refractivity contribution in [2.75, 3.05) is 18.4 Å². The summed E-state index contributed by atoms with van der Waals surface area (Å²) in [5.41, 5.74) is 2.19. The normalized spacial score (nSPS) is 10.3. The summed E-state index contributed by atoms with van der Waals surface area (Å²) in [5, 5.41) is 3.28. The third-order valence-electron chi connectivity index (χ3n) is 4.16. The highest BCUT2D eigenvalue weighted by molar-refractivity contribution is 5.92. The van der Waals surface area contributed by atoms with Crippen molar-refractivity contribution in [3.05, 3.63) is 78.6 Å². The number of ether oxygens (including phenoxy) is 1. The van der Waals surface area contributed by atoms with Gasteiger partial charge in [-0.2, -0.15) is 0 Å². The van der Waals surface area contributed by atoms with Crippen molar-refractivity contribution in [3.8, 4) is 11.5 Å². The lowest BCUT2D eigenvalue weighted by atomic mass is 10.2. The molecule has 0 radical (unpaired) electrons. The first-order chi connectivity index (χ1) is 13.2. The first-order valence-electron chi connectivity index (χ1n) is 9.05. The third-order valence-corrected chi connectivity index (χ3v) is 4.16. The van der Waals surface area contributed by atoms with E-state index in [0.717, 1.165) is 22.9 Å². The number of aromatic nitrogens is 1. The van der Waals surface area contributed by atoms with Crippen LogP contribution in [0.25, 0.3) is 0 Å². The predicted molar refractivity (Wildman–Crippen MR) is 108 cm³/mol. The summed E-state index contributed by atoms with van der Waals surface area (Å²) in [4.78, 5) is 18.3. The largest absolute Gasteiger partial charge is 0.457 e. The van der Waals surface area contributed by atoms with Crippen molar-refractivity contribution in [1.82, 2.24) is 9.88 Å². The molecule has 0 aliphatic rings. The van der Waals surface area contributed by atoms with E-state index in [4.69, 9.17) is 4.74 Å².